The Morgan fingerprint density at radius 1 is 1.18 bits per heavy atom. The molecule has 0 spiro atoms. The Balaban J connectivity index is 1.89. The lowest BCUT2D eigenvalue weighted by Crippen LogP contribution is -2.33. The standard InChI is InChI=1S/C20H31N5O3/c1-14-17(15(2)25(24-14)10-11-26-3)13-23-20(21)22-9-8-16-6-7-18(27-4)19(12-16)28-5/h6-7,12H,8-11,13H2,1-5H3,(H3,21,22,23). The molecular weight excluding hydrogens is 358 g/mol. The van der Waals surface area contributed by atoms with Crippen molar-refractivity contribution in [3.05, 3.63) is 40.7 Å². The summed E-state index contributed by atoms with van der Waals surface area (Å²) in [5.41, 5.74) is 10.3. The zero-order valence-electron chi connectivity index (χ0n) is 17.4. The molecule has 0 saturated carbocycles. The van der Waals surface area contributed by atoms with E-state index in [1.165, 1.54) is 0 Å². The van der Waals surface area contributed by atoms with Gasteiger partial charge < -0.3 is 25.3 Å². The molecule has 2 aromatic rings. The second kappa shape index (κ2) is 10.6. The molecule has 0 aliphatic rings. The first-order valence-electron chi connectivity index (χ1n) is 9.26. The van der Waals surface area contributed by atoms with Crippen molar-refractivity contribution in [2.24, 2.45) is 10.7 Å². The fourth-order valence-electron chi connectivity index (χ4n) is 2.95. The number of nitrogens with two attached hydrogens (primary N) is 1. The third-order valence-electron chi connectivity index (χ3n) is 4.61. The van der Waals surface area contributed by atoms with Crippen LogP contribution in [0.5, 0.6) is 11.5 Å². The lowest BCUT2D eigenvalue weighted by atomic mass is 10.1. The first-order valence-corrected chi connectivity index (χ1v) is 9.26. The summed E-state index contributed by atoms with van der Waals surface area (Å²) < 4.78 is 17.7. The molecule has 154 valence electrons. The van der Waals surface area contributed by atoms with E-state index in [0.29, 0.717) is 25.7 Å². The maximum Gasteiger partial charge on any atom is 0.188 e. The highest BCUT2D eigenvalue weighted by Gasteiger charge is 2.11. The number of hydrogen-bond donors (Lipinski definition) is 2. The van der Waals surface area contributed by atoms with Crippen LogP contribution in [0.2, 0.25) is 0 Å². The number of aliphatic imine (C=N–C) groups is 1. The molecule has 1 aromatic heterocycles. The molecule has 3 N–H and O–H groups in total. The number of nitrogens with zero attached hydrogens (tertiary/aromatic N) is 3. The van der Waals surface area contributed by atoms with E-state index in [-0.39, 0.29) is 0 Å². The summed E-state index contributed by atoms with van der Waals surface area (Å²) in [6, 6.07) is 5.88. The Bertz CT molecular complexity index is 801. The van der Waals surface area contributed by atoms with E-state index in [4.69, 9.17) is 19.9 Å². The molecule has 0 bridgehead atoms. The van der Waals surface area contributed by atoms with E-state index in [9.17, 15) is 0 Å². The number of hydrogen-bond acceptors (Lipinski definition) is 5. The van der Waals surface area contributed by atoms with Gasteiger partial charge in [-0.1, -0.05) is 6.07 Å². The molecule has 0 unspecified atom stereocenters. The Labute approximate surface area is 166 Å². The zero-order chi connectivity index (χ0) is 20.5. The van der Waals surface area contributed by atoms with Crippen LogP contribution in [0.3, 0.4) is 0 Å². The maximum absolute atomic E-state index is 6.02. The molecule has 8 nitrogen and oxygen atoms in total. The predicted molar refractivity (Wildman–Crippen MR) is 110 cm³/mol. The van der Waals surface area contributed by atoms with E-state index in [1.807, 2.05) is 36.7 Å². The number of guanidine groups is 1. The van der Waals surface area contributed by atoms with Gasteiger partial charge in [0.15, 0.2) is 17.5 Å². The molecule has 0 saturated heterocycles. The Morgan fingerprint density at radius 2 is 1.93 bits per heavy atom. The molecule has 0 fully saturated rings. The van der Waals surface area contributed by atoms with Gasteiger partial charge in [0.05, 0.1) is 39.6 Å². The average molecular weight is 390 g/mol. The van der Waals surface area contributed by atoms with Crippen LogP contribution in [-0.4, -0.2) is 50.2 Å². The minimum Gasteiger partial charge on any atom is -0.493 e. The first-order chi connectivity index (χ1) is 13.5. The monoisotopic (exact) mass is 389 g/mol. The lowest BCUT2D eigenvalue weighted by molar-refractivity contribution is 0.182. The van der Waals surface area contributed by atoms with Crippen molar-refractivity contribution in [1.29, 1.82) is 0 Å². The van der Waals surface area contributed by atoms with E-state index in [0.717, 1.165) is 47.0 Å². The first kappa shape index (κ1) is 21.6. The summed E-state index contributed by atoms with van der Waals surface area (Å²) in [5, 5.41) is 7.70. The van der Waals surface area contributed by atoms with Gasteiger partial charge in [-0.3, -0.25) is 4.68 Å². The van der Waals surface area contributed by atoms with Gasteiger partial charge in [0.2, 0.25) is 0 Å². The Kier molecular flexibility index (Phi) is 8.13. The van der Waals surface area contributed by atoms with Crippen molar-refractivity contribution in [2.75, 3.05) is 34.5 Å². The quantitative estimate of drug-likeness (QED) is 0.475. The molecule has 0 aliphatic heterocycles. The van der Waals surface area contributed by atoms with Crippen molar-refractivity contribution in [3.8, 4) is 11.5 Å². The second-order valence-corrected chi connectivity index (χ2v) is 6.43. The molecule has 0 amide bonds. The van der Waals surface area contributed by atoms with Crippen LogP contribution in [0.15, 0.2) is 23.2 Å². The summed E-state index contributed by atoms with van der Waals surface area (Å²) in [4.78, 5) is 4.46. The van der Waals surface area contributed by atoms with Gasteiger partial charge in [-0.2, -0.15) is 5.10 Å². The number of benzene rings is 1. The van der Waals surface area contributed by atoms with E-state index < -0.39 is 0 Å². The third-order valence-corrected chi connectivity index (χ3v) is 4.61. The SMILES string of the molecule is COCCn1nc(C)c(CN=C(N)NCCc2ccc(OC)c(OC)c2)c1C. The van der Waals surface area contributed by atoms with Crippen molar-refractivity contribution >= 4 is 5.96 Å². The summed E-state index contributed by atoms with van der Waals surface area (Å²) in [6.07, 6.45) is 0.795. The van der Waals surface area contributed by atoms with Crippen LogP contribution < -0.4 is 20.5 Å². The maximum atomic E-state index is 6.02. The molecule has 1 aromatic carbocycles. The summed E-state index contributed by atoms with van der Waals surface area (Å²) >= 11 is 0. The lowest BCUT2D eigenvalue weighted by Gasteiger charge is -2.10. The number of rotatable bonds is 10. The van der Waals surface area contributed by atoms with Crippen molar-refractivity contribution in [3.63, 3.8) is 0 Å². The highest BCUT2D eigenvalue weighted by atomic mass is 16.5. The molecule has 0 aliphatic carbocycles. The summed E-state index contributed by atoms with van der Waals surface area (Å²) in [5.74, 6) is 1.86. The Morgan fingerprint density at radius 3 is 2.61 bits per heavy atom. The van der Waals surface area contributed by atoms with Crippen LogP contribution in [0.4, 0.5) is 0 Å². The number of aromatic nitrogens is 2. The van der Waals surface area contributed by atoms with Crippen molar-refractivity contribution in [2.45, 2.75) is 33.4 Å². The molecule has 2 rings (SSSR count). The van der Waals surface area contributed by atoms with Crippen molar-refractivity contribution < 1.29 is 14.2 Å². The molecule has 0 atom stereocenters. The van der Waals surface area contributed by atoms with Crippen LogP contribution in [0.25, 0.3) is 0 Å². The molecular formula is C20H31N5O3. The number of nitrogens with one attached hydrogen (secondary N) is 1. The van der Waals surface area contributed by atoms with Crippen LogP contribution in [-0.2, 0) is 24.2 Å². The topological polar surface area (TPSA) is 95.9 Å². The number of ether oxygens (including phenoxy) is 3. The summed E-state index contributed by atoms with van der Waals surface area (Å²) in [6.45, 7) is 6.56. The van der Waals surface area contributed by atoms with Gasteiger partial charge in [0.1, 0.15) is 0 Å². The fraction of sp³-hybridized carbons (Fsp3) is 0.500. The molecule has 0 radical (unpaired) electrons. The highest BCUT2D eigenvalue weighted by Crippen LogP contribution is 2.27. The average Bonchev–Trinajstić information content (AvgIpc) is 2.97. The highest BCUT2D eigenvalue weighted by molar-refractivity contribution is 5.77. The third kappa shape index (κ3) is 5.63. The van der Waals surface area contributed by atoms with Gasteiger partial charge >= 0.3 is 0 Å². The van der Waals surface area contributed by atoms with Gasteiger partial charge in [0, 0.05) is 24.9 Å². The number of methoxy groups -OCH3 is 3. The smallest absolute Gasteiger partial charge is 0.188 e. The van der Waals surface area contributed by atoms with Gasteiger partial charge in [-0.15, -0.1) is 0 Å². The zero-order valence-corrected chi connectivity index (χ0v) is 17.4. The second-order valence-electron chi connectivity index (χ2n) is 6.43. The van der Waals surface area contributed by atoms with Gasteiger partial charge in [0.25, 0.3) is 0 Å². The Hall–Kier alpha value is -2.74. The van der Waals surface area contributed by atoms with Crippen molar-refractivity contribution in [1.82, 2.24) is 15.1 Å². The minimum atomic E-state index is 0.420. The van der Waals surface area contributed by atoms with Gasteiger partial charge in [-0.25, -0.2) is 4.99 Å². The minimum absolute atomic E-state index is 0.420. The largest absolute Gasteiger partial charge is 0.493 e. The molecule has 28 heavy (non-hydrogen) atoms. The normalized spacial score (nSPS) is 11.5. The van der Waals surface area contributed by atoms with E-state index >= 15 is 0 Å². The van der Waals surface area contributed by atoms with Crippen LogP contribution in [0.1, 0.15) is 22.5 Å². The molecule has 1 heterocycles. The molecule has 8 heteroatoms. The summed E-state index contributed by atoms with van der Waals surface area (Å²) in [7, 11) is 4.94. The van der Waals surface area contributed by atoms with Crippen LogP contribution >= 0.6 is 0 Å². The fourth-order valence-corrected chi connectivity index (χ4v) is 2.95. The number of aryl methyl sites for hydroxylation is 1. The van der Waals surface area contributed by atoms with E-state index in [2.05, 4.69) is 15.4 Å². The predicted octanol–water partition coefficient (Wildman–Crippen LogP) is 1.81. The van der Waals surface area contributed by atoms with E-state index in [1.54, 1.807) is 21.3 Å². The van der Waals surface area contributed by atoms with Gasteiger partial charge in [-0.05, 0) is 38.0 Å². The van der Waals surface area contributed by atoms with Crippen LogP contribution in [0, 0.1) is 13.8 Å².